The van der Waals surface area contributed by atoms with Gasteiger partial charge in [-0.05, 0) is 73.4 Å². The lowest BCUT2D eigenvalue weighted by Gasteiger charge is -2.24. The Morgan fingerprint density at radius 3 is 1.64 bits per heavy atom. The first-order valence-corrected chi connectivity index (χ1v) is 17.4. The first kappa shape index (κ1) is 33.3. The summed E-state index contributed by atoms with van der Waals surface area (Å²) in [5, 5.41) is 2.05. The third kappa shape index (κ3) is 11.6. The summed E-state index contributed by atoms with van der Waals surface area (Å²) in [6.07, 6.45) is 19.2. The largest absolute Gasteiger partial charge is 0.371 e. The first-order chi connectivity index (χ1) is 20.6. The van der Waals surface area contributed by atoms with E-state index < -0.39 is 0 Å². The molecule has 0 radical (unpaired) electrons. The molecule has 2 N–H and O–H groups in total. The van der Waals surface area contributed by atoms with Crippen LogP contribution in [0.2, 0.25) is 0 Å². The van der Waals surface area contributed by atoms with E-state index in [4.69, 9.17) is 0 Å². The minimum Gasteiger partial charge on any atom is -0.371 e. The summed E-state index contributed by atoms with van der Waals surface area (Å²) in [5.41, 5.74) is 7.45. The highest BCUT2D eigenvalue weighted by molar-refractivity contribution is 8.76. The Morgan fingerprint density at radius 1 is 0.714 bits per heavy atom. The molecule has 1 aromatic heterocycles. The van der Waals surface area contributed by atoms with Gasteiger partial charge in [-0.1, -0.05) is 76.2 Å². The molecule has 0 fully saturated rings. The Balaban J connectivity index is 1.39. The Kier molecular flexibility index (Phi) is 15.1. The summed E-state index contributed by atoms with van der Waals surface area (Å²) in [4.78, 5) is 4.93. The maximum Gasteiger partial charge on any atom is 0.169 e. The number of rotatable bonds is 17. The van der Waals surface area contributed by atoms with E-state index in [0.29, 0.717) is 0 Å². The number of benzene rings is 2. The number of nitrogens with two attached hydrogens (primary N) is 1. The predicted octanol–water partition coefficient (Wildman–Crippen LogP) is 7.08. The van der Waals surface area contributed by atoms with Crippen molar-refractivity contribution in [3.8, 4) is 0 Å². The molecule has 0 bridgehead atoms. The molecule has 3 rings (SSSR count). The molecule has 1 heterocycles. The molecule has 0 atom stereocenters. The SMILES string of the molecule is C/C=C(\C=C/[NH2+]C)/C=C/c1ccc(N(CC)CCSSCCN(CC)c2ccc(/C=C/c3cc[n+](C)cc3)cc2)cc1. The minimum absolute atomic E-state index is 1.01. The monoisotopic (exact) mass is 600 g/mol. The fourth-order valence-corrected chi connectivity index (χ4v) is 6.39. The van der Waals surface area contributed by atoms with Crippen LogP contribution in [-0.2, 0) is 7.05 Å². The normalized spacial score (nSPS) is 12.2. The molecular weight excluding hydrogens is 553 g/mol. The van der Waals surface area contributed by atoms with E-state index in [2.05, 4.69) is 146 Å². The van der Waals surface area contributed by atoms with Crippen molar-refractivity contribution in [2.24, 2.45) is 7.05 Å². The molecule has 2 aromatic carbocycles. The van der Waals surface area contributed by atoms with Gasteiger partial charge < -0.3 is 15.1 Å². The topological polar surface area (TPSA) is 27.0 Å². The quantitative estimate of drug-likeness (QED) is 0.0775. The number of aryl methyl sites for hydroxylation is 1. The Bertz CT molecular complexity index is 1290. The smallest absolute Gasteiger partial charge is 0.169 e. The van der Waals surface area contributed by atoms with Gasteiger partial charge in [-0.25, -0.2) is 4.57 Å². The molecule has 0 saturated carbocycles. The van der Waals surface area contributed by atoms with Crippen molar-refractivity contribution in [3.05, 3.63) is 120 Å². The summed E-state index contributed by atoms with van der Waals surface area (Å²) >= 11 is 0. The van der Waals surface area contributed by atoms with Crippen LogP contribution in [0.3, 0.4) is 0 Å². The van der Waals surface area contributed by atoms with Gasteiger partial charge >= 0.3 is 0 Å². The van der Waals surface area contributed by atoms with Crippen molar-refractivity contribution in [3.63, 3.8) is 0 Å². The van der Waals surface area contributed by atoms with Crippen LogP contribution in [0.5, 0.6) is 0 Å². The summed E-state index contributed by atoms with van der Waals surface area (Å²) in [6.45, 7) is 10.7. The lowest BCUT2D eigenvalue weighted by Crippen LogP contribution is -2.72. The number of anilines is 2. The fraction of sp³-hybridized carbons (Fsp3) is 0.306. The van der Waals surface area contributed by atoms with Crippen LogP contribution in [-0.4, -0.2) is 44.7 Å². The van der Waals surface area contributed by atoms with E-state index in [1.54, 1.807) is 0 Å². The van der Waals surface area contributed by atoms with E-state index in [1.165, 1.54) is 33.6 Å². The van der Waals surface area contributed by atoms with Gasteiger partial charge in [0.1, 0.15) is 7.05 Å². The summed E-state index contributed by atoms with van der Waals surface area (Å²) in [6, 6.07) is 22.1. The van der Waals surface area contributed by atoms with Crippen molar-refractivity contribution in [2.75, 3.05) is 54.5 Å². The first-order valence-electron chi connectivity index (χ1n) is 14.9. The van der Waals surface area contributed by atoms with Gasteiger partial charge in [0.05, 0.1) is 13.2 Å². The number of allylic oxidation sites excluding steroid dienone is 4. The predicted molar refractivity (Wildman–Crippen MR) is 190 cm³/mol. The second-order valence-electron chi connectivity index (χ2n) is 9.93. The standard InChI is InChI=1S/C36H47N4S2/c1-6-31(21-24-37-4)9-10-32-13-17-35(18-14-32)39(7-2)27-29-41-42-30-28-40(8-3)36-19-15-33(16-20-36)11-12-34-22-25-38(5)26-23-34/h6,9-26,37H,7-8,27-30H2,1-5H3/q+1/p+1/b10-9+,24-21-,31-6-. The fourth-order valence-electron chi connectivity index (χ4n) is 4.41. The van der Waals surface area contributed by atoms with Gasteiger partial charge in [-0.3, -0.25) is 0 Å². The lowest BCUT2D eigenvalue weighted by molar-refractivity contribution is -0.671. The minimum atomic E-state index is 1.01. The Hall–Kier alpha value is -3.19. The highest BCUT2D eigenvalue weighted by atomic mass is 33.1. The number of hydrogen-bond acceptors (Lipinski definition) is 4. The lowest BCUT2D eigenvalue weighted by atomic mass is 10.1. The third-order valence-electron chi connectivity index (χ3n) is 7.01. The van der Waals surface area contributed by atoms with Crippen molar-refractivity contribution in [2.45, 2.75) is 20.8 Å². The Labute approximate surface area is 262 Å². The number of quaternary nitrogens is 1. The molecule has 0 spiro atoms. The third-order valence-corrected chi connectivity index (χ3v) is 9.37. The van der Waals surface area contributed by atoms with E-state index in [-0.39, 0.29) is 0 Å². The molecule has 0 amide bonds. The van der Waals surface area contributed by atoms with Crippen LogP contribution >= 0.6 is 21.6 Å². The average molecular weight is 601 g/mol. The summed E-state index contributed by atoms with van der Waals surface area (Å²) in [5.74, 6) is 2.22. The van der Waals surface area contributed by atoms with E-state index in [0.717, 1.165) is 37.7 Å². The highest BCUT2D eigenvalue weighted by Gasteiger charge is 2.06. The zero-order valence-electron chi connectivity index (χ0n) is 25.9. The second kappa shape index (κ2) is 19.1. The molecule has 4 nitrogen and oxygen atoms in total. The molecule has 222 valence electrons. The second-order valence-corrected chi connectivity index (χ2v) is 12.6. The van der Waals surface area contributed by atoms with Crippen LogP contribution < -0.4 is 19.7 Å². The number of hydrogen-bond donors (Lipinski definition) is 1. The molecule has 0 aliphatic rings. The van der Waals surface area contributed by atoms with Crippen molar-refractivity contribution < 1.29 is 9.88 Å². The molecule has 3 aromatic rings. The van der Waals surface area contributed by atoms with Gasteiger partial charge in [0.2, 0.25) is 0 Å². The van der Waals surface area contributed by atoms with Gasteiger partial charge in [0, 0.05) is 61.2 Å². The van der Waals surface area contributed by atoms with Crippen molar-refractivity contribution >= 4 is 51.2 Å². The Morgan fingerprint density at radius 2 is 1.19 bits per heavy atom. The zero-order chi connectivity index (χ0) is 30.0. The van der Waals surface area contributed by atoms with E-state index in [9.17, 15) is 0 Å². The molecule has 0 unspecified atom stereocenters. The average Bonchev–Trinajstić information content (AvgIpc) is 3.03. The number of nitrogens with zero attached hydrogens (tertiary/aromatic N) is 3. The zero-order valence-corrected chi connectivity index (χ0v) is 27.6. The van der Waals surface area contributed by atoms with Gasteiger partial charge in [-0.15, -0.1) is 0 Å². The van der Waals surface area contributed by atoms with Crippen LogP contribution in [0.15, 0.2) is 103 Å². The maximum absolute atomic E-state index is 2.46. The molecule has 0 aliphatic heterocycles. The molecule has 42 heavy (non-hydrogen) atoms. The van der Waals surface area contributed by atoms with E-state index >= 15 is 0 Å². The highest BCUT2D eigenvalue weighted by Crippen LogP contribution is 2.24. The van der Waals surface area contributed by atoms with Gasteiger partial charge in [0.15, 0.2) is 12.4 Å². The van der Waals surface area contributed by atoms with Crippen LogP contribution in [0, 0.1) is 0 Å². The molecular formula is C36H48N4S2+2. The number of pyridine rings is 1. The number of aromatic nitrogens is 1. The van der Waals surface area contributed by atoms with Gasteiger partial charge in [-0.2, -0.15) is 0 Å². The maximum atomic E-state index is 2.46. The van der Waals surface area contributed by atoms with Gasteiger partial charge in [0.25, 0.3) is 0 Å². The van der Waals surface area contributed by atoms with Crippen LogP contribution in [0.25, 0.3) is 18.2 Å². The van der Waals surface area contributed by atoms with Crippen molar-refractivity contribution in [1.82, 2.24) is 0 Å². The van der Waals surface area contributed by atoms with Crippen molar-refractivity contribution in [1.29, 1.82) is 0 Å². The van der Waals surface area contributed by atoms with E-state index in [1.807, 2.05) is 45.6 Å². The molecule has 0 aliphatic carbocycles. The molecule has 0 saturated heterocycles. The molecule has 6 heteroatoms. The summed E-state index contributed by atoms with van der Waals surface area (Å²) in [7, 11) is 8.04. The van der Waals surface area contributed by atoms with Crippen LogP contribution in [0.4, 0.5) is 11.4 Å². The van der Waals surface area contributed by atoms with Crippen LogP contribution in [0.1, 0.15) is 37.5 Å². The summed E-state index contributed by atoms with van der Waals surface area (Å²) < 4.78 is 2.05.